The van der Waals surface area contributed by atoms with Crippen molar-refractivity contribution in [3.63, 3.8) is 0 Å². The quantitative estimate of drug-likeness (QED) is 0.0614. The van der Waals surface area contributed by atoms with Crippen LogP contribution in [0.15, 0.2) is 35.9 Å². The zero-order valence-corrected chi connectivity index (χ0v) is 41.2. The van der Waals surface area contributed by atoms with Crippen molar-refractivity contribution in [2.75, 3.05) is 27.9 Å². The maximum absolute atomic E-state index is 13.7. The van der Waals surface area contributed by atoms with E-state index in [2.05, 4.69) is 122 Å². The lowest BCUT2D eigenvalue weighted by molar-refractivity contribution is -0.162. The summed E-state index contributed by atoms with van der Waals surface area (Å²) < 4.78 is 45.1. The molecule has 1 rings (SSSR count). The summed E-state index contributed by atoms with van der Waals surface area (Å²) >= 11 is 0. The van der Waals surface area contributed by atoms with Gasteiger partial charge >= 0.3 is 5.97 Å². The first-order chi connectivity index (χ1) is 24.8. The number of hydrogen-bond donors (Lipinski definition) is 0. The van der Waals surface area contributed by atoms with Crippen molar-refractivity contribution in [3.05, 3.63) is 41.5 Å². The fourth-order valence-electron chi connectivity index (χ4n) is 6.60. The average Bonchev–Trinajstić information content (AvgIpc) is 3.09. The molecule has 0 aliphatic carbocycles. The molecule has 0 amide bonds. The van der Waals surface area contributed by atoms with Crippen LogP contribution in [0.2, 0.25) is 54.4 Å². The Kier molecular flexibility index (Phi) is 20.1. The molecule has 11 heteroatoms. The molecule has 7 atom stereocenters. The van der Waals surface area contributed by atoms with Crippen molar-refractivity contribution >= 4 is 30.9 Å². The highest BCUT2D eigenvalue weighted by atomic mass is 28.4. The molecular weight excluding hydrogens is 729 g/mol. The molecular formula is C43H82O8Si3. The van der Waals surface area contributed by atoms with Crippen molar-refractivity contribution in [1.29, 1.82) is 0 Å². The van der Waals surface area contributed by atoms with Gasteiger partial charge in [0.1, 0.15) is 5.75 Å². The van der Waals surface area contributed by atoms with E-state index in [9.17, 15) is 4.79 Å². The molecule has 0 fully saturated rings. The number of carbonyl (C=O) groups excluding carboxylic acids is 1. The van der Waals surface area contributed by atoms with Crippen LogP contribution < -0.4 is 4.74 Å². The Labute approximate surface area is 335 Å². The molecule has 0 aliphatic heterocycles. The van der Waals surface area contributed by atoms with E-state index in [0.29, 0.717) is 13.2 Å². The zero-order chi connectivity index (χ0) is 41.9. The Morgan fingerprint density at radius 3 is 1.61 bits per heavy atom. The molecule has 54 heavy (non-hydrogen) atoms. The predicted octanol–water partition coefficient (Wildman–Crippen LogP) is 11.4. The van der Waals surface area contributed by atoms with Gasteiger partial charge in [0.05, 0.1) is 45.7 Å². The minimum atomic E-state index is -2.41. The van der Waals surface area contributed by atoms with Crippen LogP contribution in [0.4, 0.5) is 0 Å². The lowest BCUT2D eigenvalue weighted by Crippen LogP contribution is -2.57. The maximum Gasteiger partial charge on any atom is 0.336 e. The van der Waals surface area contributed by atoms with Gasteiger partial charge in [-0.15, -0.1) is 0 Å². The van der Waals surface area contributed by atoms with E-state index in [0.717, 1.165) is 29.4 Å². The number of hydrogen-bond acceptors (Lipinski definition) is 8. The third-order valence-electron chi connectivity index (χ3n) is 12.6. The molecule has 0 heterocycles. The average molecular weight is 811 g/mol. The van der Waals surface area contributed by atoms with E-state index in [1.54, 1.807) is 14.2 Å². The molecule has 8 nitrogen and oxygen atoms in total. The number of carbonyl (C=O) groups is 1. The Bertz CT molecular complexity index is 1270. The molecule has 0 N–H and O–H groups in total. The highest BCUT2D eigenvalue weighted by molar-refractivity contribution is 6.75. The topological polar surface area (TPSA) is 81.7 Å². The second kappa shape index (κ2) is 21.4. The lowest BCUT2D eigenvalue weighted by Gasteiger charge is -2.47. The SMILES string of the molecule is CC[Si](CC)(CC)O[C@H]([C@@H](C)[C@H](OC)[C@@H](O[Si](C)(C)C(C)(C)C)C(=O)OC)[C@H](C)[C@@H](O[Si](C)(C)C(C)(C)C)/C(C)=C/[C@H](C)COCc1ccc(OC)cc1. The normalized spacial score (nSPS) is 17.7. The minimum Gasteiger partial charge on any atom is -0.497 e. The van der Waals surface area contributed by atoms with Crippen LogP contribution in [0, 0.1) is 17.8 Å². The molecule has 0 saturated carbocycles. The summed E-state index contributed by atoms with van der Waals surface area (Å²) in [6.07, 6.45) is 0.319. The van der Waals surface area contributed by atoms with Crippen molar-refractivity contribution in [1.82, 2.24) is 0 Å². The van der Waals surface area contributed by atoms with Gasteiger partial charge in [0.25, 0.3) is 0 Å². The van der Waals surface area contributed by atoms with Crippen molar-refractivity contribution in [3.8, 4) is 5.75 Å². The van der Waals surface area contributed by atoms with Crippen LogP contribution in [-0.2, 0) is 38.9 Å². The molecule has 1 aromatic rings. The van der Waals surface area contributed by atoms with E-state index in [-0.39, 0.29) is 40.0 Å². The van der Waals surface area contributed by atoms with E-state index in [4.69, 9.17) is 32.2 Å². The summed E-state index contributed by atoms with van der Waals surface area (Å²) in [6, 6.07) is 11.0. The summed E-state index contributed by atoms with van der Waals surface area (Å²) in [4.78, 5) is 13.7. The van der Waals surface area contributed by atoms with Crippen LogP contribution in [0.25, 0.3) is 0 Å². The van der Waals surface area contributed by atoms with E-state index >= 15 is 0 Å². The monoisotopic (exact) mass is 811 g/mol. The predicted molar refractivity (Wildman–Crippen MR) is 233 cm³/mol. The second-order valence-electron chi connectivity index (χ2n) is 18.6. The Hall–Kier alpha value is -1.32. The van der Waals surface area contributed by atoms with Crippen molar-refractivity contribution < 1.29 is 37.0 Å². The number of rotatable bonds is 23. The van der Waals surface area contributed by atoms with Crippen LogP contribution in [-0.4, -0.2) is 83.3 Å². The Morgan fingerprint density at radius 2 is 1.20 bits per heavy atom. The highest BCUT2D eigenvalue weighted by Crippen LogP contribution is 2.43. The second-order valence-corrected chi connectivity index (χ2v) is 32.9. The summed E-state index contributed by atoms with van der Waals surface area (Å²) in [5, 5.41) is -0.116. The first-order valence-corrected chi connectivity index (χ1v) is 28.7. The molecule has 0 unspecified atom stereocenters. The van der Waals surface area contributed by atoms with Crippen LogP contribution >= 0.6 is 0 Å². The number of methoxy groups -OCH3 is 3. The lowest BCUT2D eigenvalue weighted by atomic mass is 9.82. The summed E-state index contributed by atoms with van der Waals surface area (Å²) in [5.41, 5.74) is 2.28. The Morgan fingerprint density at radius 1 is 0.722 bits per heavy atom. The van der Waals surface area contributed by atoms with Gasteiger partial charge < -0.3 is 32.2 Å². The minimum absolute atomic E-state index is 0.00285. The number of esters is 1. The fraction of sp³-hybridized carbons (Fsp3) is 0.791. The molecule has 0 radical (unpaired) electrons. The third kappa shape index (κ3) is 14.0. The molecule has 314 valence electrons. The molecule has 0 aromatic heterocycles. The molecule has 0 bridgehead atoms. The Balaban J connectivity index is 3.80. The number of ether oxygens (including phenoxy) is 4. The van der Waals surface area contributed by atoms with Gasteiger partial charge in [-0.3, -0.25) is 0 Å². The smallest absolute Gasteiger partial charge is 0.336 e. The fourth-order valence-corrected chi connectivity index (χ4v) is 12.2. The van der Waals surface area contributed by atoms with Gasteiger partial charge in [-0.05, 0) is 90.5 Å². The largest absolute Gasteiger partial charge is 0.497 e. The van der Waals surface area contributed by atoms with Crippen LogP contribution in [0.5, 0.6) is 5.75 Å². The van der Waals surface area contributed by atoms with Crippen molar-refractivity contribution in [2.24, 2.45) is 17.8 Å². The summed E-state index contributed by atoms with van der Waals surface area (Å²) in [6.45, 7) is 39.1. The summed E-state index contributed by atoms with van der Waals surface area (Å²) in [7, 11) is -2.06. The maximum atomic E-state index is 13.7. The summed E-state index contributed by atoms with van der Waals surface area (Å²) in [5.74, 6) is 0.281. The molecule has 0 saturated heterocycles. The van der Waals surface area contributed by atoms with Crippen LogP contribution in [0.1, 0.15) is 95.6 Å². The standard InChI is InChI=1S/C43H82O8Si3/c1-21-54(22-2,23-3)51-38(34(7)39(46-15)40(41(44)47-16)50-53(19,20)43(11,12)13)33(6)37(49-52(17,18)42(8,9)10)32(5)28-31(4)29-48-30-35-24-26-36(45-14)27-25-35/h24-28,31,33-34,37-40H,21-23,29-30H2,1-20H3/b32-28+/t31-,33+,34+,37-,38-,39-,40+/m0/s1. The van der Waals surface area contributed by atoms with Gasteiger partial charge in [0.2, 0.25) is 0 Å². The van der Waals surface area contributed by atoms with Crippen LogP contribution in [0.3, 0.4) is 0 Å². The van der Waals surface area contributed by atoms with Gasteiger partial charge in [-0.2, -0.15) is 0 Å². The first kappa shape index (κ1) is 50.7. The highest BCUT2D eigenvalue weighted by Gasteiger charge is 2.50. The van der Waals surface area contributed by atoms with Crippen molar-refractivity contribution in [2.45, 2.75) is 175 Å². The molecule has 0 spiro atoms. The van der Waals surface area contributed by atoms with Gasteiger partial charge in [0.15, 0.2) is 31.1 Å². The first-order valence-electron chi connectivity index (χ1n) is 20.3. The number of benzene rings is 1. The van der Waals surface area contributed by atoms with Gasteiger partial charge in [-0.25, -0.2) is 4.79 Å². The zero-order valence-electron chi connectivity index (χ0n) is 38.2. The molecule has 0 aliphatic rings. The molecule has 1 aromatic carbocycles. The van der Waals surface area contributed by atoms with Gasteiger partial charge in [-0.1, -0.05) is 101 Å². The van der Waals surface area contributed by atoms with Gasteiger partial charge in [0, 0.05) is 18.9 Å². The van der Waals surface area contributed by atoms with E-state index in [1.807, 2.05) is 24.3 Å². The van der Waals surface area contributed by atoms with E-state index in [1.165, 1.54) is 12.7 Å². The third-order valence-corrected chi connectivity index (χ3v) is 26.2. The van der Waals surface area contributed by atoms with E-state index < -0.39 is 43.1 Å².